The molecule has 0 atom stereocenters. The van der Waals surface area contributed by atoms with Gasteiger partial charge in [-0.25, -0.2) is 0 Å². The molecule has 0 unspecified atom stereocenters. The van der Waals surface area contributed by atoms with Crippen molar-refractivity contribution in [2.24, 2.45) is 4.99 Å². The van der Waals surface area contributed by atoms with Gasteiger partial charge >= 0.3 is 6.18 Å². The van der Waals surface area contributed by atoms with Crippen molar-refractivity contribution in [2.45, 2.75) is 6.18 Å². The summed E-state index contributed by atoms with van der Waals surface area (Å²) >= 11 is 0. The molecule has 2 aromatic rings. The van der Waals surface area contributed by atoms with Crippen LogP contribution in [0.1, 0.15) is 16.8 Å². The van der Waals surface area contributed by atoms with E-state index in [1.165, 1.54) is 6.07 Å². The molecule has 0 saturated heterocycles. The molecule has 1 aromatic carbocycles. The standard InChI is InChI=1S/C15H12F3N3/c16-15(17,18)10-4-5-12-11(9-10)14(21-8-7-20-12)13-3-1-2-6-19-13/h1-6,9,20H,7-8H2. The Morgan fingerprint density at radius 2 is 1.95 bits per heavy atom. The summed E-state index contributed by atoms with van der Waals surface area (Å²) in [6, 6.07) is 8.94. The highest BCUT2D eigenvalue weighted by Crippen LogP contribution is 2.33. The summed E-state index contributed by atoms with van der Waals surface area (Å²) < 4.78 is 38.7. The third kappa shape index (κ3) is 2.74. The van der Waals surface area contributed by atoms with E-state index >= 15 is 0 Å². The molecule has 3 rings (SSSR count). The van der Waals surface area contributed by atoms with Gasteiger partial charge in [0.2, 0.25) is 0 Å². The molecule has 0 aliphatic carbocycles. The van der Waals surface area contributed by atoms with Crippen LogP contribution in [-0.2, 0) is 6.18 Å². The molecule has 0 saturated carbocycles. The largest absolute Gasteiger partial charge is 0.416 e. The van der Waals surface area contributed by atoms with Crippen LogP contribution >= 0.6 is 0 Å². The van der Waals surface area contributed by atoms with Gasteiger partial charge in [0.05, 0.1) is 23.5 Å². The number of nitrogens with zero attached hydrogens (tertiary/aromatic N) is 2. The molecule has 3 nitrogen and oxygen atoms in total. The molecule has 21 heavy (non-hydrogen) atoms. The zero-order valence-electron chi connectivity index (χ0n) is 11.0. The Hall–Kier alpha value is -2.37. The third-order valence-corrected chi connectivity index (χ3v) is 3.21. The van der Waals surface area contributed by atoms with Crippen molar-refractivity contribution in [3.8, 4) is 0 Å². The van der Waals surface area contributed by atoms with Gasteiger partial charge in [-0.3, -0.25) is 9.98 Å². The lowest BCUT2D eigenvalue weighted by Gasteiger charge is -2.13. The van der Waals surface area contributed by atoms with Crippen LogP contribution in [0.2, 0.25) is 0 Å². The van der Waals surface area contributed by atoms with Crippen LogP contribution in [0.25, 0.3) is 0 Å². The Labute approximate surface area is 119 Å². The molecule has 0 spiro atoms. The molecular formula is C15H12F3N3. The number of fused-ring (bicyclic) bond motifs is 1. The van der Waals surface area contributed by atoms with Gasteiger partial charge < -0.3 is 5.32 Å². The predicted octanol–water partition coefficient (Wildman–Crippen LogP) is 3.36. The minimum atomic E-state index is -4.38. The lowest BCUT2D eigenvalue weighted by Crippen LogP contribution is -2.11. The Kier molecular flexibility index (Phi) is 3.37. The summed E-state index contributed by atoms with van der Waals surface area (Å²) in [4.78, 5) is 8.58. The number of aliphatic imine (C=N–C) groups is 1. The van der Waals surface area contributed by atoms with Crippen molar-refractivity contribution in [3.63, 3.8) is 0 Å². The molecule has 2 heterocycles. The Bertz CT molecular complexity index is 678. The van der Waals surface area contributed by atoms with Crippen LogP contribution in [0.4, 0.5) is 18.9 Å². The van der Waals surface area contributed by atoms with Crippen molar-refractivity contribution >= 4 is 11.4 Å². The number of pyridine rings is 1. The maximum Gasteiger partial charge on any atom is 0.416 e. The van der Waals surface area contributed by atoms with Crippen LogP contribution in [-0.4, -0.2) is 23.8 Å². The highest BCUT2D eigenvalue weighted by molar-refractivity contribution is 6.15. The Morgan fingerprint density at radius 3 is 2.67 bits per heavy atom. The van der Waals surface area contributed by atoms with Crippen LogP contribution in [0.3, 0.4) is 0 Å². The number of rotatable bonds is 1. The quantitative estimate of drug-likeness (QED) is 0.874. The average molecular weight is 291 g/mol. The fourth-order valence-corrected chi connectivity index (χ4v) is 2.24. The number of anilines is 1. The SMILES string of the molecule is FC(F)(F)c1ccc2c(c1)C(c1ccccn1)=NCCN2. The van der Waals surface area contributed by atoms with Crippen molar-refractivity contribution < 1.29 is 13.2 Å². The monoisotopic (exact) mass is 291 g/mol. The first kappa shape index (κ1) is 13.6. The van der Waals surface area contributed by atoms with E-state index in [1.54, 1.807) is 24.4 Å². The summed E-state index contributed by atoms with van der Waals surface area (Å²) in [6.45, 7) is 1.07. The van der Waals surface area contributed by atoms with E-state index in [2.05, 4.69) is 15.3 Å². The highest BCUT2D eigenvalue weighted by Gasteiger charge is 2.32. The summed E-state index contributed by atoms with van der Waals surface area (Å²) in [5.41, 5.74) is 1.45. The smallest absolute Gasteiger partial charge is 0.383 e. The van der Waals surface area contributed by atoms with Gasteiger partial charge in [0.25, 0.3) is 0 Å². The topological polar surface area (TPSA) is 37.3 Å². The number of nitrogens with one attached hydrogen (secondary N) is 1. The maximum absolute atomic E-state index is 12.9. The van der Waals surface area contributed by atoms with Crippen LogP contribution in [0, 0.1) is 0 Å². The molecule has 1 aliphatic rings. The van der Waals surface area contributed by atoms with Crippen molar-refractivity contribution in [2.75, 3.05) is 18.4 Å². The summed E-state index contributed by atoms with van der Waals surface area (Å²) in [5.74, 6) is 0. The number of halogens is 3. The van der Waals surface area contributed by atoms with Crippen LogP contribution in [0.15, 0.2) is 47.6 Å². The summed E-state index contributed by atoms with van der Waals surface area (Å²) in [5, 5.41) is 3.09. The van der Waals surface area contributed by atoms with Crippen molar-refractivity contribution in [1.29, 1.82) is 0 Å². The van der Waals surface area contributed by atoms with E-state index in [9.17, 15) is 13.2 Å². The summed E-state index contributed by atoms with van der Waals surface area (Å²) in [7, 11) is 0. The zero-order chi connectivity index (χ0) is 14.9. The fourth-order valence-electron chi connectivity index (χ4n) is 2.24. The average Bonchev–Trinajstić information content (AvgIpc) is 2.69. The molecule has 0 bridgehead atoms. The first-order valence-corrected chi connectivity index (χ1v) is 6.47. The molecule has 1 N–H and O–H groups in total. The first-order valence-electron chi connectivity index (χ1n) is 6.47. The summed E-state index contributed by atoms with van der Waals surface area (Å²) in [6.07, 6.45) is -2.78. The van der Waals surface area contributed by atoms with Crippen molar-refractivity contribution in [1.82, 2.24) is 4.98 Å². The molecule has 1 aromatic heterocycles. The van der Waals surface area contributed by atoms with Gasteiger partial charge in [-0.2, -0.15) is 13.2 Å². The van der Waals surface area contributed by atoms with Crippen LogP contribution < -0.4 is 5.32 Å². The zero-order valence-corrected chi connectivity index (χ0v) is 11.0. The molecule has 0 radical (unpaired) electrons. The highest BCUT2D eigenvalue weighted by atomic mass is 19.4. The van der Waals surface area contributed by atoms with Gasteiger partial charge in [0.1, 0.15) is 0 Å². The lowest BCUT2D eigenvalue weighted by atomic mass is 10.0. The first-order chi connectivity index (χ1) is 10.1. The van der Waals surface area contributed by atoms with E-state index in [1.807, 2.05) is 0 Å². The second-order valence-corrected chi connectivity index (χ2v) is 4.63. The third-order valence-electron chi connectivity index (χ3n) is 3.21. The van der Waals surface area contributed by atoms with Gasteiger partial charge in [-0.1, -0.05) is 6.07 Å². The number of hydrogen-bond acceptors (Lipinski definition) is 3. The second-order valence-electron chi connectivity index (χ2n) is 4.63. The number of aromatic nitrogens is 1. The van der Waals surface area contributed by atoms with Gasteiger partial charge in [-0.15, -0.1) is 0 Å². The van der Waals surface area contributed by atoms with Crippen LogP contribution in [0.5, 0.6) is 0 Å². The molecule has 108 valence electrons. The molecule has 0 amide bonds. The molecule has 0 fully saturated rings. The van der Waals surface area contributed by atoms with Gasteiger partial charge in [-0.05, 0) is 30.3 Å². The number of alkyl halides is 3. The number of hydrogen-bond donors (Lipinski definition) is 1. The Morgan fingerprint density at radius 1 is 1.10 bits per heavy atom. The van der Waals surface area contributed by atoms with E-state index in [4.69, 9.17) is 0 Å². The number of benzene rings is 1. The Balaban J connectivity index is 2.15. The predicted molar refractivity (Wildman–Crippen MR) is 74.7 cm³/mol. The van der Waals surface area contributed by atoms with Crippen molar-refractivity contribution in [3.05, 3.63) is 59.4 Å². The maximum atomic E-state index is 12.9. The van der Waals surface area contributed by atoms with E-state index in [-0.39, 0.29) is 0 Å². The molecule has 1 aliphatic heterocycles. The minimum absolute atomic E-state index is 0.432. The van der Waals surface area contributed by atoms with E-state index in [0.29, 0.717) is 35.7 Å². The molecule has 6 heteroatoms. The fraction of sp³-hybridized carbons (Fsp3) is 0.200. The van der Waals surface area contributed by atoms with E-state index < -0.39 is 11.7 Å². The van der Waals surface area contributed by atoms with Gasteiger partial charge in [0, 0.05) is 24.0 Å². The number of benzodiazepines with no additional fused rings is 1. The van der Waals surface area contributed by atoms with Gasteiger partial charge in [0.15, 0.2) is 0 Å². The second kappa shape index (κ2) is 5.20. The minimum Gasteiger partial charge on any atom is -0.383 e. The lowest BCUT2D eigenvalue weighted by molar-refractivity contribution is -0.137. The normalized spacial score (nSPS) is 14.7. The van der Waals surface area contributed by atoms with E-state index in [0.717, 1.165) is 12.1 Å². The molecular weight excluding hydrogens is 279 g/mol.